The van der Waals surface area contributed by atoms with Gasteiger partial charge >= 0.3 is 0 Å². The largest absolute Gasteiger partial charge is 0.393 e. The Morgan fingerprint density at radius 1 is 1.23 bits per heavy atom. The fraction of sp³-hybridized carbons (Fsp3) is 0.826. The zero-order valence-corrected chi connectivity index (χ0v) is 17.2. The second kappa shape index (κ2) is 11.3. The Kier molecular flexibility index (Phi) is 9.38. The molecule has 26 heavy (non-hydrogen) atoms. The molecule has 0 aromatic rings. The van der Waals surface area contributed by atoms with Crippen LogP contribution in [0.5, 0.6) is 0 Å². The second-order valence-corrected chi connectivity index (χ2v) is 8.81. The van der Waals surface area contributed by atoms with Crippen molar-refractivity contribution >= 4 is 0 Å². The molecule has 0 heterocycles. The van der Waals surface area contributed by atoms with E-state index in [0.29, 0.717) is 11.8 Å². The first-order valence-electron chi connectivity index (χ1n) is 10.9. The molecule has 3 heteroatoms. The molecular weight excluding hydrogens is 322 g/mol. The zero-order chi connectivity index (χ0) is 18.9. The van der Waals surface area contributed by atoms with E-state index in [2.05, 4.69) is 44.1 Å². The summed E-state index contributed by atoms with van der Waals surface area (Å²) in [5.41, 5.74) is 1.62. The monoisotopic (exact) mass is 363 g/mol. The highest BCUT2D eigenvalue weighted by Crippen LogP contribution is 2.48. The number of fused-ring (bicyclic) bond motifs is 1. The Morgan fingerprint density at radius 3 is 2.77 bits per heavy atom. The summed E-state index contributed by atoms with van der Waals surface area (Å²) < 4.78 is 0. The van der Waals surface area contributed by atoms with Crippen molar-refractivity contribution in [3.05, 3.63) is 23.8 Å². The summed E-state index contributed by atoms with van der Waals surface area (Å²) in [6, 6.07) is 0. The van der Waals surface area contributed by atoms with E-state index in [1.807, 2.05) is 0 Å². The summed E-state index contributed by atoms with van der Waals surface area (Å²) in [6.07, 6.45) is 17.4. The van der Waals surface area contributed by atoms with Crippen LogP contribution in [0, 0.1) is 17.8 Å². The van der Waals surface area contributed by atoms with E-state index in [0.717, 1.165) is 32.1 Å². The van der Waals surface area contributed by atoms with Crippen LogP contribution in [0.1, 0.15) is 71.1 Å². The molecule has 0 radical (unpaired) electrons. The molecule has 5 atom stereocenters. The first-order valence-corrected chi connectivity index (χ1v) is 10.9. The number of hydrogen-bond acceptors (Lipinski definition) is 3. The lowest BCUT2D eigenvalue weighted by Crippen LogP contribution is -2.17. The number of hydrogen-bond donors (Lipinski definition) is 2. The third-order valence-electron chi connectivity index (χ3n) is 6.21. The van der Waals surface area contributed by atoms with Gasteiger partial charge in [0, 0.05) is 5.92 Å². The van der Waals surface area contributed by atoms with Crippen molar-refractivity contribution in [2.24, 2.45) is 17.8 Å². The van der Waals surface area contributed by atoms with Gasteiger partial charge in [0.05, 0.1) is 12.2 Å². The molecule has 1 saturated carbocycles. The van der Waals surface area contributed by atoms with E-state index >= 15 is 0 Å². The third-order valence-corrected chi connectivity index (χ3v) is 6.21. The van der Waals surface area contributed by atoms with Crippen LogP contribution in [0.25, 0.3) is 0 Å². The molecule has 0 unspecified atom stereocenters. The van der Waals surface area contributed by atoms with Crippen molar-refractivity contribution in [1.29, 1.82) is 0 Å². The highest BCUT2D eigenvalue weighted by Gasteiger charge is 2.43. The maximum Gasteiger partial charge on any atom is 0.0611 e. The van der Waals surface area contributed by atoms with E-state index in [1.54, 1.807) is 5.57 Å². The number of nitrogens with zero attached hydrogens (tertiary/aromatic N) is 1. The predicted molar refractivity (Wildman–Crippen MR) is 110 cm³/mol. The highest BCUT2D eigenvalue weighted by atomic mass is 16.3. The first kappa shape index (κ1) is 21.7. The number of rotatable bonds is 12. The average molecular weight is 364 g/mol. The molecule has 3 nitrogen and oxygen atoms in total. The molecule has 1 fully saturated rings. The lowest BCUT2D eigenvalue weighted by molar-refractivity contribution is 0.139. The van der Waals surface area contributed by atoms with Crippen molar-refractivity contribution in [2.45, 2.75) is 83.3 Å². The van der Waals surface area contributed by atoms with Gasteiger partial charge in [0.2, 0.25) is 0 Å². The van der Waals surface area contributed by atoms with Crippen LogP contribution in [-0.4, -0.2) is 48.0 Å². The van der Waals surface area contributed by atoms with Crippen LogP contribution in [-0.2, 0) is 0 Å². The van der Waals surface area contributed by atoms with Crippen molar-refractivity contribution in [1.82, 2.24) is 4.90 Å². The summed E-state index contributed by atoms with van der Waals surface area (Å²) in [4.78, 5) is 2.26. The van der Waals surface area contributed by atoms with E-state index in [9.17, 15) is 10.2 Å². The molecule has 0 aromatic carbocycles. The highest BCUT2D eigenvalue weighted by molar-refractivity contribution is 5.20. The lowest BCUT2D eigenvalue weighted by atomic mass is 9.88. The SMILES string of the molecule is CCCC[C@@H](O)C/C=C/[C@@H]1[C@H]2CC(CCCCCN(C)C)=C[C@H]2C[C@H]1O. The van der Waals surface area contributed by atoms with Crippen LogP contribution >= 0.6 is 0 Å². The minimum absolute atomic E-state index is 0.202. The van der Waals surface area contributed by atoms with Crippen LogP contribution in [0.4, 0.5) is 0 Å². The van der Waals surface area contributed by atoms with Crippen LogP contribution in [0.15, 0.2) is 23.8 Å². The Bertz CT molecular complexity index is 457. The Hall–Kier alpha value is -0.640. The smallest absolute Gasteiger partial charge is 0.0611 e. The number of aliphatic hydroxyl groups excluding tert-OH is 2. The van der Waals surface area contributed by atoms with Gasteiger partial charge in [-0.15, -0.1) is 0 Å². The van der Waals surface area contributed by atoms with Crippen molar-refractivity contribution in [3.8, 4) is 0 Å². The quantitative estimate of drug-likeness (QED) is 0.395. The minimum Gasteiger partial charge on any atom is -0.393 e. The number of unbranched alkanes of at least 4 members (excludes halogenated alkanes) is 3. The van der Waals surface area contributed by atoms with Gasteiger partial charge in [0.1, 0.15) is 0 Å². The molecule has 0 saturated heterocycles. The average Bonchev–Trinajstić information content (AvgIpc) is 3.10. The topological polar surface area (TPSA) is 43.7 Å². The maximum atomic E-state index is 10.4. The molecule has 150 valence electrons. The Balaban J connectivity index is 1.72. The Labute approximate surface area is 161 Å². The molecule has 0 amide bonds. The van der Waals surface area contributed by atoms with Crippen LogP contribution in [0.2, 0.25) is 0 Å². The van der Waals surface area contributed by atoms with Crippen molar-refractivity contribution in [2.75, 3.05) is 20.6 Å². The van der Waals surface area contributed by atoms with Gasteiger partial charge in [-0.25, -0.2) is 0 Å². The van der Waals surface area contributed by atoms with Gasteiger partial charge in [0.25, 0.3) is 0 Å². The van der Waals surface area contributed by atoms with Crippen LogP contribution in [0.3, 0.4) is 0 Å². The molecule has 0 bridgehead atoms. The van der Waals surface area contributed by atoms with Gasteiger partial charge < -0.3 is 15.1 Å². The normalized spacial score (nSPS) is 29.5. The molecule has 0 aromatic heterocycles. The number of allylic oxidation sites excluding steroid dienone is 2. The van der Waals surface area contributed by atoms with Gasteiger partial charge in [0.15, 0.2) is 0 Å². The molecule has 0 spiro atoms. The fourth-order valence-corrected chi connectivity index (χ4v) is 4.70. The zero-order valence-electron chi connectivity index (χ0n) is 17.2. The minimum atomic E-state index is -0.222. The standard InChI is InChI=1S/C23H41NO2/c1-4-5-11-20(25)12-9-13-21-22-16-18(15-19(22)17-23(21)26)10-7-6-8-14-24(2)3/h9,13,15,19-23,25-26H,4-8,10-12,14,16-17H2,1-3H3/b13-9+/t19-,20+,21+,22-,23+/m0/s1. The predicted octanol–water partition coefficient (Wildman–Crippen LogP) is 4.55. The third kappa shape index (κ3) is 6.83. The van der Waals surface area contributed by atoms with E-state index in [-0.39, 0.29) is 18.1 Å². The summed E-state index contributed by atoms with van der Waals surface area (Å²) in [7, 11) is 4.28. The van der Waals surface area contributed by atoms with Gasteiger partial charge in [-0.05, 0) is 77.4 Å². The molecule has 2 aliphatic rings. The van der Waals surface area contributed by atoms with Gasteiger partial charge in [-0.2, -0.15) is 0 Å². The summed E-state index contributed by atoms with van der Waals surface area (Å²) in [6.45, 7) is 3.35. The van der Waals surface area contributed by atoms with Gasteiger partial charge in [-0.1, -0.05) is 50.0 Å². The first-order chi connectivity index (χ1) is 12.5. The van der Waals surface area contributed by atoms with Crippen LogP contribution < -0.4 is 0 Å². The maximum absolute atomic E-state index is 10.4. The molecule has 0 aliphatic heterocycles. The van der Waals surface area contributed by atoms with E-state index in [4.69, 9.17) is 0 Å². The number of aliphatic hydroxyl groups is 2. The fourth-order valence-electron chi connectivity index (χ4n) is 4.70. The molecular formula is C23H41NO2. The van der Waals surface area contributed by atoms with E-state index < -0.39 is 0 Å². The molecule has 2 rings (SSSR count). The van der Waals surface area contributed by atoms with Crippen molar-refractivity contribution in [3.63, 3.8) is 0 Å². The molecule has 2 N–H and O–H groups in total. The lowest BCUT2D eigenvalue weighted by Gasteiger charge is -2.18. The van der Waals surface area contributed by atoms with Crippen molar-refractivity contribution < 1.29 is 10.2 Å². The second-order valence-electron chi connectivity index (χ2n) is 8.81. The van der Waals surface area contributed by atoms with Gasteiger partial charge in [-0.3, -0.25) is 0 Å². The molecule has 2 aliphatic carbocycles. The van der Waals surface area contributed by atoms with E-state index in [1.165, 1.54) is 38.6 Å². The Morgan fingerprint density at radius 2 is 2.04 bits per heavy atom. The summed E-state index contributed by atoms with van der Waals surface area (Å²) >= 11 is 0. The summed E-state index contributed by atoms with van der Waals surface area (Å²) in [5.74, 6) is 1.44. The summed E-state index contributed by atoms with van der Waals surface area (Å²) in [5, 5.41) is 20.4.